The highest BCUT2D eigenvalue weighted by molar-refractivity contribution is 7.17. The number of anilines is 2. The average molecular weight is 579 g/mol. The molecule has 7 rings (SSSR count). The summed E-state index contributed by atoms with van der Waals surface area (Å²) in [4.78, 5) is 21.6. The minimum Gasteiger partial charge on any atom is -0.444 e. The quantitative estimate of drug-likeness (QED) is 0.278. The minimum atomic E-state index is -0.504. The van der Waals surface area contributed by atoms with E-state index in [2.05, 4.69) is 32.4 Å². The highest BCUT2D eigenvalue weighted by atomic mass is 35.5. The number of rotatable bonds is 7. The Kier molecular flexibility index (Phi) is 7.04. The molecule has 1 aromatic carbocycles. The second kappa shape index (κ2) is 10.4. The molecular formula is C30H35ClN6O2S. The molecule has 4 aliphatic carbocycles. The van der Waals surface area contributed by atoms with Crippen molar-refractivity contribution in [2.75, 3.05) is 17.2 Å². The topological polar surface area (TPSA) is 112 Å². The van der Waals surface area contributed by atoms with Crippen molar-refractivity contribution in [3.8, 4) is 6.07 Å². The summed E-state index contributed by atoms with van der Waals surface area (Å²) < 4.78 is 6.75. The summed E-state index contributed by atoms with van der Waals surface area (Å²) in [6.07, 6.45) is 6.88. The molecule has 0 spiro atoms. The lowest BCUT2D eigenvalue weighted by Crippen LogP contribution is -2.60. The van der Waals surface area contributed by atoms with Crippen molar-refractivity contribution in [3.05, 3.63) is 45.9 Å². The van der Waals surface area contributed by atoms with Crippen LogP contribution < -0.4 is 16.0 Å². The molecule has 2 aromatic heterocycles. The predicted octanol–water partition coefficient (Wildman–Crippen LogP) is 6.96. The maximum absolute atomic E-state index is 12.5. The number of fused-ring (bicyclic) bond motifs is 1. The number of thiophene rings is 1. The number of hydrogen-bond donors (Lipinski definition) is 3. The number of aromatic nitrogens is 2. The molecule has 4 saturated carbocycles. The first-order valence-corrected chi connectivity index (χ1v) is 15.3. The van der Waals surface area contributed by atoms with Gasteiger partial charge in [0, 0.05) is 28.9 Å². The minimum absolute atomic E-state index is 0.142. The molecule has 4 aliphatic rings. The number of nitriles is 1. The molecule has 0 saturated heterocycles. The van der Waals surface area contributed by atoms with Gasteiger partial charge in [-0.3, -0.25) is 0 Å². The number of alkyl carbamates (subject to hydrolysis) is 1. The number of carbonyl (C=O) groups is 1. The Morgan fingerprint density at radius 3 is 2.73 bits per heavy atom. The van der Waals surface area contributed by atoms with Gasteiger partial charge in [0.05, 0.1) is 6.20 Å². The zero-order valence-corrected chi connectivity index (χ0v) is 24.7. The molecule has 0 aliphatic heterocycles. The summed E-state index contributed by atoms with van der Waals surface area (Å²) >= 11 is 7.90. The van der Waals surface area contributed by atoms with E-state index in [1.807, 2.05) is 39.0 Å². The summed E-state index contributed by atoms with van der Waals surface area (Å²) in [6.45, 7) is 7.01. The van der Waals surface area contributed by atoms with Gasteiger partial charge in [0.2, 0.25) is 5.95 Å². The van der Waals surface area contributed by atoms with Crippen molar-refractivity contribution >= 4 is 50.9 Å². The summed E-state index contributed by atoms with van der Waals surface area (Å²) in [5.41, 5.74) is 1.21. The first kappa shape index (κ1) is 27.1. The third-order valence-electron chi connectivity index (χ3n) is 8.68. The number of carbonyl (C=O) groups excluding carboxylic acids is 1. The Labute approximate surface area is 243 Å². The Morgan fingerprint density at radius 1 is 1.23 bits per heavy atom. The van der Waals surface area contributed by atoms with E-state index in [1.165, 1.54) is 11.1 Å². The first-order valence-electron chi connectivity index (χ1n) is 14.0. The molecule has 8 nitrogen and oxygen atoms in total. The normalized spacial score (nSPS) is 26.9. The number of ether oxygens (including phenoxy) is 1. The Morgan fingerprint density at radius 2 is 2.00 bits per heavy atom. The van der Waals surface area contributed by atoms with Gasteiger partial charge in [0.1, 0.15) is 23.1 Å². The number of amides is 1. The van der Waals surface area contributed by atoms with Crippen molar-refractivity contribution in [2.45, 2.75) is 71.1 Å². The smallest absolute Gasteiger partial charge is 0.407 e. The molecule has 1 unspecified atom stereocenters. The largest absolute Gasteiger partial charge is 0.444 e. The summed E-state index contributed by atoms with van der Waals surface area (Å²) in [5.74, 6) is 2.63. The molecule has 4 bridgehead atoms. The lowest BCUT2D eigenvalue weighted by atomic mass is 9.48. The second-order valence-corrected chi connectivity index (χ2v) is 14.2. The Hall–Kier alpha value is -3.09. The van der Waals surface area contributed by atoms with Crippen LogP contribution in [-0.4, -0.2) is 34.2 Å². The Balaban J connectivity index is 1.12. The van der Waals surface area contributed by atoms with Crippen LogP contribution in [-0.2, 0) is 11.3 Å². The number of halogens is 1. The van der Waals surface area contributed by atoms with Crippen molar-refractivity contribution < 1.29 is 9.53 Å². The highest BCUT2D eigenvalue weighted by Gasteiger charge is 2.55. The zero-order valence-electron chi connectivity index (χ0n) is 23.1. The van der Waals surface area contributed by atoms with Crippen LogP contribution in [0.3, 0.4) is 0 Å². The third-order valence-corrected chi connectivity index (χ3v) is 9.92. The second-order valence-electron chi connectivity index (χ2n) is 12.8. The van der Waals surface area contributed by atoms with Crippen LogP contribution in [0.2, 0.25) is 5.02 Å². The lowest BCUT2D eigenvalue weighted by molar-refractivity contribution is -0.0703. The lowest BCUT2D eigenvalue weighted by Gasteiger charge is -2.60. The third kappa shape index (κ3) is 5.57. The van der Waals surface area contributed by atoms with Crippen molar-refractivity contribution in [1.29, 1.82) is 5.26 Å². The molecule has 3 aromatic rings. The van der Waals surface area contributed by atoms with Crippen molar-refractivity contribution in [3.63, 3.8) is 0 Å². The fourth-order valence-corrected chi connectivity index (χ4v) is 8.52. The van der Waals surface area contributed by atoms with E-state index in [0.29, 0.717) is 46.7 Å². The van der Waals surface area contributed by atoms with Crippen LogP contribution in [0.25, 0.3) is 10.1 Å². The molecule has 210 valence electrons. The van der Waals surface area contributed by atoms with Crippen LogP contribution in [0.1, 0.15) is 64.0 Å². The van der Waals surface area contributed by atoms with E-state index in [-0.39, 0.29) is 17.6 Å². The van der Waals surface area contributed by atoms with Gasteiger partial charge in [0.15, 0.2) is 0 Å². The molecule has 1 amide bonds. The molecular weight excluding hydrogens is 544 g/mol. The van der Waals surface area contributed by atoms with E-state index in [4.69, 9.17) is 21.3 Å². The van der Waals surface area contributed by atoms with E-state index in [9.17, 15) is 10.1 Å². The van der Waals surface area contributed by atoms with E-state index in [1.54, 1.807) is 17.5 Å². The van der Waals surface area contributed by atoms with Crippen molar-refractivity contribution in [2.24, 2.45) is 23.2 Å². The fraction of sp³-hybridized carbons (Fsp3) is 0.533. The van der Waals surface area contributed by atoms with Crippen LogP contribution in [0, 0.1) is 34.5 Å². The Bertz CT molecular complexity index is 1460. The van der Waals surface area contributed by atoms with Crippen molar-refractivity contribution in [1.82, 2.24) is 15.3 Å². The van der Waals surface area contributed by atoms with Crippen LogP contribution in [0.4, 0.5) is 16.6 Å². The fourth-order valence-electron chi connectivity index (χ4n) is 7.41. The molecule has 40 heavy (non-hydrogen) atoms. The number of hydrogen-bond acceptors (Lipinski definition) is 8. The predicted molar refractivity (Wildman–Crippen MR) is 159 cm³/mol. The van der Waals surface area contributed by atoms with Gasteiger partial charge >= 0.3 is 6.09 Å². The molecule has 0 radical (unpaired) electrons. The van der Waals surface area contributed by atoms with Gasteiger partial charge in [-0.15, -0.1) is 11.3 Å². The molecule has 4 fully saturated rings. The number of nitrogens with zero attached hydrogens (tertiary/aromatic N) is 3. The van der Waals surface area contributed by atoms with Gasteiger partial charge in [-0.2, -0.15) is 10.2 Å². The van der Waals surface area contributed by atoms with Gasteiger partial charge in [-0.05, 0) is 111 Å². The number of nitrogens with one attached hydrogen (secondary N) is 3. The van der Waals surface area contributed by atoms with E-state index >= 15 is 0 Å². The standard InChI is InChI=1S/C30H35ClN6O2S/c1-29(2,3)39-28(38)36-25-18-6-17-7-19(25)11-30(9-17,10-18)16-35-26-20(12-32)13-33-27(37-26)34-14-21-15-40-24-5-4-22(31)8-23(21)24/h4-5,8,13,15,17-19,25H,6-7,9-11,14,16H2,1-3H3,(H,36,38)(H2,33,34,35,37)/t17?,18-,19+,25-,30-. The van der Waals surface area contributed by atoms with Gasteiger partial charge < -0.3 is 20.7 Å². The van der Waals surface area contributed by atoms with Crippen LogP contribution >= 0.6 is 22.9 Å². The zero-order chi connectivity index (χ0) is 28.1. The van der Waals surface area contributed by atoms with Gasteiger partial charge in [-0.25, -0.2) is 9.78 Å². The van der Waals surface area contributed by atoms with Gasteiger partial charge in [0.25, 0.3) is 0 Å². The number of benzene rings is 1. The molecule has 10 heteroatoms. The first-order chi connectivity index (χ1) is 19.1. The summed E-state index contributed by atoms with van der Waals surface area (Å²) in [6, 6.07) is 8.33. The molecule has 2 heterocycles. The van der Waals surface area contributed by atoms with E-state index in [0.717, 1.165) is 43.2 Å². The monoisotopic (exact) mass is 578 g/mol. The highest BCUT2D eigenvalue weighted by Crippen LogP contribution is 2.60. The SMILES string of the molecule is CC(C)(C)OC(=O)N[C@@H]1[C@@H]2CC3C[C@H]1C[C@@](CNc1nc(NCc4csc5ccc(Cl)cc45)ncc1C#N)(C3)C2. The molecule has 3 N–H and O–H groups in total. The average Bonchev–Trinajstić information content (AvgIpc) is 3.29. The maximum atomic E-state index is 12.5. The van der Waals surface area contributed by atoms with Crippen LogP contribution in [0.15, 0.2) is 29.8 Å². The summed E-state index contributed by atoms with van der Waals surface area (Å²) in [5, 5.41) is 23.8. The van der Waals surface area contributed by atoms with E-state index < -0.39 is 5.60 Å². The van der Waals surface area contributed by atoms with Crippen LogP contribution in [0.5, 0.6) is 0 Å². The maximum Gasteiger partial charge on any atom is 0.407 e. The van der Waals surface area contributed by atoms with Gasteiger partial charge in [-0.1, -0.05) is 11.6 Å². The molecule has 5 atom stereocenters. The summed E-state index contributed by atoms with van der Waals surface area (Å²) in [7, 11) is 0.